The lowest BCUT2D eigenvalue weighted by Gasteiger charge is -2.15. The van der Waals surface area contributed by atoms with Gasteiger partial charge in [0.15, 0.2) is 0 Å². The number of unbranched alkanes of at least 4 members (excludes halogenated alkanes) is 2. The van der Waals surface area contributed by atoms with E-state index >= 15 is 0 Å². The lowest BCUT2D eigenvalue weighted by Crippen LogP contribution is -2.12. The lowest BCUT2D eigenvalue weighted by atomic mass is 10.1. The number of nitrogens with zero attached hydrogens (tertiary/aromatic N) is 7. The van der Waals surface area contributed by atoms with E-state index in [9.17, 15) is 44.0 Å². The molecule has 1 aromatic heterocycles. The van der Waals surface area contributed by atoms with E-state index in [-0.39, 0.29) is 101 Å². The molecule has 26 heteroatoms. The molecule has 0 saturated carbocycles. The largest absolute Gasteiger partial charge is 0.495 e. The normalized spacial score (nSPS) is 12.2. The van der Waals surface area contributed by atoms with Gasteiger partial charge in [-0.2, -0.15) is 45.4 Å². The van der Waals surface area contributed by atoms with Gasteiger partial charge in [-0.3, -0.25) is 13.7 Å². The second kappa shape index (κ2) is 24.9. The average Bonchev–Trinajstić information content (AvgIpc) is 3.33. The Hall–Kier alpha value is -6.22. The Morgan fingerprint density at radius 3 is 1.67 bits per heavy atom. The fourth-order valence-electron chi connectivity index (χ4n) is 6.59. The quantitative estimate of drug-likeness (QED) is 0.0202. The number of halogens is 2. The van der Waals surface area contributed by atoms with Gasteiger partial charge < -0.3 is 24.6 Å². The predicted octanol–water partition coefficient (Wildman–Crippen LogP) is 10.0. The van der Waals surface area contributed by atoms with Gasteiger partial charge in [0, 0.05) is 42.6 Å². The number of aromatic nitrogens is 3. The molecule has 6 aromatic rings. The second-order valence-corrected chi connectivity index (χ2v) is 20.9. The monoisotopic (exact) mass is 1090 g/mol. The number of anilines is 1. The third-order valence-corrected chi connectivity index (χ3v) is 13.4. The number of aliphatic hydroxyl groups excluding tert-OH is 1. The molecule has 1 heterocycles. The third-order valence-electron chi connectivity index (χ3n) is 10.3. The van der Waals surface area contributed by atoms with E-state index < -0.39 is 41.0 Å². The van der Waals surface area contributed by atoms with Crippen LogP contribution in [0, 0.1) is 0 Å². The minimum absolute atomic E-state index is 0.0182. The Morgan fingerprint density at radius 1 is 0.611 bits per heavy atom. The first kappa shape index (κ1) is 55.1. The second-order valence-electron chi connectivity index (χ2n) is 15.7. The molecule has 0 spiro atoms. The predicted molar refractivity (Wildman–Crippen MR) is 267 cm³/mol. The van der Waals surface area contributed by atoms with E-state index in [2.05, 4.69) is 30.8 Å². The summed E-state index contributed by atoms with van der Waals surface area (Å²) in [6.07, 6.45) is 1.91. The SMILES string of the molecule is CCCCOc1cc(N=Nc2ccc(CO)cc2)c(Cl)cc1Cc1nc(Cc2cc(Cl)c(N=Nc3ccc(OC)c(S(=O)(=O)O)c3)cc2OCCCCS(=O)(=O)O)nc(NCc2ccc(S(=O)(=O)O)cc2)n1. The maximum Gasteiger partial charge on any atom is 0.298 e. The van der Waals surface area contributed by atoms with Crippen LogP contribution in [0.4, 0.5) is 28.7 Å². The molecule has 0 aliphatic carbocycles. The molecule has 0 saturated heterocycles. The number of methoxy groups -OCH3 is 1. The van der Waals surface area contributed by atoms with Crippen molar-refractivity contribution in [1.82, 2.24) is 15.0 Å². The van der Waals surface area contributed by atoms with Crippen LogP contribution < -0.4 is 19.5 Å². The molecule has 6 rings (SSSR count). The van der Waals surface area contributed by atoms with Crippen LogP contribution in [0.1, 0.15) is 66.5 Å². The summed E-state index contributed by atoms with van der Waals surface area (Å²) in [4.78, 5) is 13.4. The Balaban J connectivity index is 1.38. The molecule has 0 radical (unpaired) electrons. The van der Waals surface area contributed by atoms with Crippen molar-refractivity contribution in [2.45, 2.75) is 68.4 Å². The molecule has 0 atom stereocenters. The van der Waals surface area contributed by atoms with Crippen LogP contribution in [-0.2, 0) is 56.3 Å². The van der Waals surface area contributed by atoms with Crippen LogP contribution in [0.2, 0.25) is 10.0 Å². The number of ether oxygens (including phenoxy) is 3. The average molecular weight is 1090 g/mol. The molecule has 0 aliphatic rings. The Labute approximate surface area is 425 Å². The minimum atomic E-state index is -4.70. The molecule has 0 unspecified atom stereocenters. The summed E-state index contributed by atoms with van der Waals surface area (Å²) in [7, 11) is -12.1. The van der Waals surface area contributed by atoms with E-state index in [0.717, 1.165) is 18.9 Å². The van der Waals surface area contributed by atoms with Gasteiger partial charge >= 0.3 is 0 Å². The fraction of sp³-hybridized carbons (Fsp3) is 0.283. The Morgan fingerprint density at radius 2 is 1.15 bits per heavy atom. The highest BCUT2D eigenvalue weighted by Crippen LogP contribution is 2.38. The third kappa shape index (κ3) is 16.4. The number of hydrogen-bond donors (Lipinski definition) is 5. The zero-order valence-electron chi connectivity index (χ0n) is 38.5. The summed E-state index contributed by atoms with van der Waals surface area (Å²) in [6.45, 7) is 2.37. The molecule has 382 valence electrons. The summed E-state index contributed by atoms with van der Waals surface area (Å²) in [5.74, 6) is 0.606. The topological polar surface area (TPSA) is 311 Å². The molecule has 0 amide bonds. The van der Waals surface area contributed by atoms with Crippen molar-refractivity contribution in [2.24, 2.45) is 20.5 Å². The van der Waals surface area contributed by atoms with Gasteiger partial charge in [0.05, 0.1) is 59.0 Å². The summed E-state index contributed by atoms with van der Waals surface area (Å²) < 4.78 is 116. The van der Waals surface area contributed by atoms with Gasteiger partial charge in [-0.1, -0.05) is 60.8 Å². The highest BCUT2D eigenvalue weighted by molar-refractivity contribution is 7.86. The van der Waals surface area contributed by atoms with E-state index in [1.54, 1.807) is 36.4 Å². The van der Waals surface area contributed by atoms with Crippen LogP contribution in [0.15, 0.2) is 121 Å². The van der Waals surface area contributed by atoms with Crippen molar-refractivity contribution in [3.63, 3.8) is 0 Å². The fourth-order valence-corrected chi connectivity index (χ4v) is 8.76. The highest BCUT2D eigenvalue weighted by atomic mass is 35.5. The maximum atomic E-state index is 12.0. The molecule has 5 N–H and O–H groups in total. The van der Waals surface area contributed by atoms with E-state index in [4.69, 9.17) is 47.4 Å². The van der Waals surface area contributed by atoms with Crippen molar-refractivity contribution in [3.8, 4) is 17.2 Å². The van der Waals surface area contributed by atoms with Gasteiger partial charge in [0.25, 0.3) is 30.4 Å². The minimum Gasteiger partial charge on any atom is -0.495 e. The van der Waals surface area contributed by atoms with Gasteiger partial charge in [-0.05, 0) is 85.0 Å². The maximum absolute atomic E-state index is 12.0. The molecular formula is C46H48Cl2N8O13S3. The van der Waals surface area contributed by atoms with Gasteiger partial charge in [-0.15, -0.1) is 10.2 Å². The van der Waals surface area contributed by atoms with Crippen molar-refractivity contribution in [3.05, 3.63) is 135 Å². The van der Waals surface area contributed by atoms with Gasteiger partial charge in [0.1, 0.15) is 45.2 Å². The molecule has 5 aromatic carbocycles. The van der Waals surface area contributed by atoms with Crippen LogP contribution >= 0.6 is 23.2 Å². The number of nitrogens with one attached hydrogen (secondary N) is 1. The molecular weight excluding hydrogens is 1040 g/mol. The number of aliphatic hydroxyl groups is 1. The molecule has 0 bridgehead atoms. The Kier molecular flexibility index (Phi) is 19.1. The van der Waals surface area contributed by atoms with E-state index in [0.29, 0.717) is 46.0 Å². The van der Waals surface area contributed by atoms with Crippen LogP contribution in [-0.4, -0.2) is 85.0 Å². The summed E-state index contributed by atoms with van der Waals surface area (Å²) in [6, 6.07) is 22.5. The number of benzene rings is 5. The van der Waals surface area contributed by atoms with Crippen molar-refractivity contribution in [2.75, 3.05) is 31.4 Å². The van der Waals surface area contributed by atoms with Crippen LogP contribution in [0.25, 0.3) is 0 Å². The molecule has 0 fully saturated rings. The zero-order chi connectivity index (χ0) is 52.1. The van der Waals surface area contributed by atoms with Crippen molar-refractivity contribution in [1.29, 1.82) is 0 Å². The number of hydrogen-bond acceptors (Lipinski definition) is 18. The first-order valence-electron chi connectivity index (χ1n) is 21.8. The van der Waals surface area contributed by atoms with Gasteiger partial charge in [0.2, 0.25) is 5.95 Å². The first-order chi connectivity index (χ1) is 34.2. The summed E-state index contributed by atoms with van der Waals surface area (Å²) in [5, 5.41) is 29.9. The van der Waals surface area contributed by atoms with E-state index in [1.165, 1.54) is 55.6 Å². The van der Waals surface area contributed by atoms with Crippen molar-refractivity contribution >= 4 is 82.3 Å². The first-order valence-corrected chi connectivity index (χ1v) is 27.0. The highest BCUT2D eigenvalue weighted by Gasteiger charge is 2.20. The standard InChI is InChI=1S/C46H48Cl2N8O13S3/c1-3-4-17-68-41-25-38(55-53-33-11-7-30(28-57)8-12-33)36(47)20-31(41)22-44-50-45(52-46(51-44)49-27-29-9-14-35(15-10-29)71(61,62)63)23-32-21-37(48)39(26-42(32)69-18-5-6-19-70(58,59)60)56-54-34-13-16-40(67-2)43(24-34)72(64,65)66/h7-16,20-21,24-26,57H,3-6,17-19,22-23,27-28H2,1-2H3,(H,58,59,60)(H,61,62,63)(H,64,65,66)(H,49,50,51,52). The Bertz CT molecular complexity index is 3280. The number of rotatable bonds is 25. The lowest BCUT2D eigenvalue weighted by molar-refractivity contribution is 0.282. The summed E-state index contributed by atoms with van der Waals surface area (Å²) in [5.41, 5.74) is 3.31. The zero-order valence-corrected chi connectivity index (χ0v) is 42.5. The van der Waals surface area contributed by atoms with Crippen molar-refractivity contribution < 1.29 is 58.2 Å². The van der Waals surface area contributed by atoms with E-state index in [1.807, 2.05) is 6.92 Å². The van der Waals surface area contributed by atoms with Gasteiger partial charge in [-0.25, -0.2) is 4.98 Å². The number of azo groups is 2. The van der Waals surface area contributed by atoms with Crippen LogP contribution in [0.5, 0.6) is 17.2 Å². The summed E-state index contributed by atoms with van der Waals surface area (Å²) >= 11 is 13.6. The van der Waals surface area contributed by atoms with Crippen LogP contribution in [0.3, 0.4) is 0 Å². The molecule has 21 nitrogen and oxygen atoms in total. The molecule has 72 heavy (non-hydrogen) atoms. The molecule has 0 aliphatic heterocycles. The smallest absolute Gasteiger partial charge is 0.298 e.